The van der Waals surface area contributed by atoms with E-state index in [1.54, 1.807) is 18.2 Å². The summed E-state index contributed by atoms with van der Waals surface area (Å²) in [7, 11) is -0.486. The van der Waals surface area contributed by atoms with Gasteiger partial charge < -0.3 is 20.1 Å². The lowest BCUT2D eigenvalue weighted by Gasteiger charge is -2.32. The number of nitrogens with two attached hydrogens (primary N) is 1. The number of phenols is 1. The largest absolute Gasteiger partial charge is 0.508 e. The predicted molar refractivity (Wildman–Crippen MR) is 71.7 cm³/mol. The van der Waals surface area contributed by atoms with E-state index < -0.39 is 18.3 Å². The van der Waals surface area contributed by atoms with E-state index in [2.05, 4.69) is 0 Å². The summed E-state index contributed by atoms with van der Waals surface area (Å²) < 4.78 is 11.9. The van der Waals surface area contributed by atoms with Gasteiger partial charge in [0.05, 0.1) is 11.2 Å². The minimum absolute atomic E-state index is 0.192. The van der Waals surface area contributed by atoms with Crippen LogP contribution in [0.4, 0.5) is 0 Å². The van der Waals surface area contributed by atoms with Crippen LogP contribution < -0.4 is 11.2 Å². The number of rotatable bonds is 2. The van der Waals surface area contributed by atoms with Gasteiger partial charge in [0.15, 0.2) is 0 Å². The predicted octanol–water partition coefficient (Wildman–Crippen LogP) is 1.15. The van der Waals surface area contributed by atoms with E-state index in [0.717, 1.165) is 11.0 Å². The Morgan fingerprint density at radius 3 is 2.22 bits per heavy atom. The maximum atomic E-state index is 9.60. The minimum atomic E-state index is -0.486. The van der Waals surface area contributed by atoms with Crippen LogP contribution in [-0.4, -0.2) is 23.4 Å². The molecule has 0 radical (unpaired) electrons. The van der Waals surface area contributed by atoms with Gasteiger partial charge in [0, 0.05) is 6.54 Å². The van der Waals surface area contributed by atoms with Crippen LogP contribution in [0.2, 0.25) is 0 Å². The van der Waals surface area contributed by atoms with Gasteiger partial charge >= 0.3 is 7.12 Å². The normalized spacial score (nSPS) is 21.3. The van der Waals surface area contributed by atoms with Crippen molar-refractivity contribution in [1.29, 1.82) is 0 Å². The molecule has 1 aliphatic rings. The molecule has 98 valence electrons. The fraction of sp³-hybridized carbons (Fsp3) is 0.538. The van der Waals surface area contributed by atoms with E-state index in [1.165, 1.54) is 0 Å². The second-order valence-corrected chi connectivity index (χ2v) is 5.68. The lowest BCUT2D eigenvalue weighted by Crippen LogP contribution is -2.41. The number of hydrogen-bond donors (Lipinski definition) is 2. The molecule has 4 nitrogen and oxygen atoms in total. The van der Waals surface area contributed by atoms with Gasteiger partial charge in [-0.3, -0.25) is 0 Å². The highest BCUT2D eigenvalue weighted by Crippen LogP contribution is 2.36. The molecule has 2 rings (SSSR count). The monoisotopic (exact) mass is 249 g/mol. The average molecular weight is 249 g/mol. The minimum Gasteiger partial charge on any atom is -0.508 e. The van der Waals surface area contributed by atoms with Crippen LogP contribution in [0.1, 0.15) is 33.3 Å². The third-order valence-corrected chi connectivity index (χ3v) is 3.86. The number of phenolic OH excluding ortho intramolecular Hbond substituents is 1. The highest BCUT2D eigenvalue weighted by atomic mass is 16.7. The topological polar surface area (TPSA) is 64.7 Å². The SMILES string of the molecule is CC1(C)OB(c2cc(O)ccc2CN)OC1(C)C. The third-order valence-electron chi connectivity index (χ3n) is 3.86. The van der Waals surface area contributed by atoms with Gasteiger partial charge in [0.25, 0.3) is 0 Å². The van der Waals surface area contributed by atoms with Crippen molar-refractivity contribution in [3.05, 3.63) is 23.8 Å². The Hall–Kier alpha value is -1.04. The van der Waals surface area contributed by atoms with E-state index in [-0.39, 0.29) is 5.75 Å². The zero-order valence-corrected chi connectivity index (χ0v) is 11.4. The van der Waals surface area contributed by atoms with E-state index in [4.69, 9.17) is 15.0 Å². The Bertz CT molecular complexity index is 444. The molecule has 0 aliphatic carbocycles. The number of benzene rings is 1. The van der Waals surface area contributed by atoms with Gasteiger partial charge in [-0.25, -0.2) is 0 Å². The van der Waals surface area contributed by atoms with Crippen molar-refractivity contribution in [2.45, 2.75) is 45.4 Å². The van der Waals surface area contributed by atoms with Gasteiger partial charge in [-0.05, 0) is 50.9 Å². The van der Waals surface area contributed by atoms with Crippen LogP contribution in [0, 0.1) is 0 Å². The molecule has 1 aromatic rings. The van der Waals surface area contributed by atoms with Gasteiger partial charge in [-0.2, -0.15) is 0 Å². The first-order chi connectivity index (χ1) is 8.27. The zero-order valence-electron chi connectivity index (χ0n) is 11.4. The van der Waals surface area contributed by atoms with Crippen LogP contribution in [0.25, 0.3) is 0 Å². The summed E-state index contributed by atoms with van der Waals surface area (Å²) in [5, 5.41) is 9.60. The summed E-state index contributed by atoms with van der Waals surface area (Å²) in [6.45, 7) is 8.38. The van der Waals surface area contributed by atoms with E-state index >= 15 is 0 Å². The molecule has 1 heterocycles. The molecule has 1 aromatic carbocycles. The van der Waals surface area contributed by atoms with Crippen molar-refractivity contribution in [2.75, 3.05) is 0 Å². The molecule has 0 atom stereocenters. The molecule has 1 saturated heterocycles. The molecule has 1 aliphatic heterocycles. The van der Waals surface area contributed by atoms with Crippen LogP contribution >= 0.6 is 0 Å². The third kappa shape index (κ3) is 2.14. The molecular formula is C13H20BNO3. The lowest BCUT2D eigenvalue weighted by molar-refractivity contribution is 0.00578. The Balaban J connectivity index is 2.37. The highest BCUT2D eigenvalue weighted by molar-refractivity contribution is 6.62. The van der Waals surface area contributed by atoms with Crippen molar-refractivity contribution in [2.24, 2.45) is 5.73 Å². The molecule has 18 heavy (non-hydrogen) atoms. The molecular weight excluding hydrogens is 229 g/mol. The fourth-order valence-electron chi connectivity index (χ4n) is 1.96. The van der Waals surface area contributed by atoms with Crippen molar-refractivity contribution >= 4 is 12.6 Å². The Morgan fingerprint density at radius 2 is 1.72 bits per heavy atom. The molecule has 0 aromatic heterocycles. The molecule has 3 N–H and O–H groups in total. The van der Waals surface area contributed by atoms with Crippen LogP contribution in [0.15, 0.2) is 18.2 Å². The van der Waals surface area contributed by atoms with Crippen molar-refractivity contribution in [3.8, 4) is 5.75 Å². The summed E-state index contributed by atoms with van der Waals surface area (Å²) in [5.41, 5.74) is 6.65. The maximum absolute atomic E-state index is 9.60. The molecule has 1 fully saturated rings. The maximum Gasteiger partial charge on any atom is 0.495 e. The van der Waals surface area contributed by atoms with Crippen molar-refractivity contribution in [1.82, 2.24) is 0 Å². The van der Waals surface area contributed by atoms with E-state index in [1.807, 2.05) is 27.7 Å². The smallest absolute Gasteiger partial charge is 0.495 e. The highest BCUT2D eigenvalue weighted by Gasteiger charge is 2.52. The van der Waals surface area contributed by atoms with E-state index in [0.29, 0.717) is 6.54 Å². The standard InChI is InChI=1S/C13H20BNO3/c1-12(2)13(3,4)18-14(17-12)11-7-10(16)6-5-9(11)8-15/h5-7,16H,8,15H2,1-4H3. The summed E-state index contributed by atoms with van der Waals surface area (Å²) in [4.78, 5) is 0. The average Bonchev–Trinajstić information content (AvgIpc) is 2.48. The second kappa shape index (κ2) is 4.26. The first-order valence-corrected chi connectivity index (χ1v) is 6.14. The number of aromatic hydroxyl groups is 1. The summed E-state index contributed by atoms with van der Waals surface area (Å²) in [5.74, 6) is 0.192. The van der Waals surface area contributed by atoms with Gasteiger partial charge in [0.2, 0.25) is 0 Å². The Kier molecular flexibility index (Phi) is 3.17. The zero-order chi connectivity index (χ0) is 13.6. The van der Waals surface area contributed by atoms with Gasteiger partial charge in [0.1, 0.15) is 5.75 Å². The Morgan fingerprint density at radius 1 is 1.17 bits per heavy atom. The molecule has 0 saturated carbocycles. The molecule has 5 heteroatoms. The summed E-state index contributed by atoms with van der Waals surface area (Å²) in [6.07, 6.45) is 0. The molecule has 0 unspecified atom stereocenters. The molecule has 0 bridgehead atoms. The van der Waals surface area contributed by atoms with Gasteiger partial charge in [-0.15, -0.1) is 0 Å². The quantitative estimate of drug-likeness (QED) is 0.771. The summed E-state index contributed by atoms with van der Waals surface area (Å²) >= 11 is 0. The van der Waals surface area contributed by atoms with Crippen LogP contribution in [-0.2, 0) is 15.9 Å². The fourth-order valence-corrected chi connectivity index (χ4v) is 1.96. The molecule has 0 amide bonds. The molecule has 0 spiro atoms. The first-order valence-electron chi connectivity index (χ1n) is 6.14. The van der Waals surface area contributed by atoms with Crippen molar-refractivity contribution < 1.29 is 14.4 Å². The van der Waals surface area contributed by atoms with Gasteiger partial charge in [-0.1, -0.05) is 6.07 Å². The summed E-state index contributed by atoms with van der Waals surface area (Å²) in [6, 6.07) is 5.08. The van der Waals surface area contributed by atoms with Crippen molar-refractivity contribution in [3.63, 3.8) is 0 Å². The van der Waals surface area contributed by atoms with E-state index in [9.17, 15) is 5.11 Å². The first kappa shape index (κ1) is 13.4. The second-order valence-electron chi connectivity index (χ2n) is 5.68. The number of hydrogen-bond acceptors (Lipinski definition) is 4. The lowest BCUT2D eigenvalue weighted by atomic mass is 9.76. The van der Waals surface area contributed by atoms with Crippen LogP contribution in [0.5, 0.6) is 5.75 Å². The Labute approximate surface area is 108 Å². The van der Waals surface area contributed by atoms with Crippen LogP contribution in [0.3, 0.4) is 0 Å².